The Morgan fingerprint density at radius 3 is 2.40 bits per heavy atom. The average molecular weight is 137 g/mol. The maximum atomic E-state index is 3.72. The molecule has 1 aliphatic heterocycles. The molecule has 1 nitrogen and oxygen atoms in total. The van der Waals surface area contributed by atoms with Crippen molar-refractivity contribution in [1.29, 1.82) is 0 Å². The smallest absolute Gasteiger partial charge is 0.0244 e. The molecule has 2 saturated carbocycles. The molecule has 1 N–H and O–H groups in total. The van der Waals surface area contributed by atoms with Crippen molar-refractivity contribution in [3.05, 3.63) is 0 Å². The third-order valence-electron chi connectivity index (χ3n) is 3.88. The molecule has 1 heterocycles. The van der Waals surface area contributed by atoms with Gasteiger partial charge in [0.1, 0.15) is 0 Å². The minimum atomic E-state index is 0.686. The van der Waals surface area contributed by atoms with Crippen molar-refractivity contribution < 1.29 is 0 Å². The lowest BCUT2D eigenvalue weighted by Gasteiger charge is -2.24. The fourth-order valence-electron chi connectivity index (χ4n) is 2.91. The van der Waals surface area contributed by atoms with E-state index in [0.29, 0.717) is 5.54 Å². The monoisotopic (exact) mass is 137 g/mol. The van der Waals surface area contributed by atoms with Crippen LogP contribution >= 0.6 is 0 Å². The van der Waals surface area contributed by atoms with Gasteiger partial charge in [-0.25, -0.2) is 0 Å². The van der Waals surface area contributed by atoms with Crippen molar-refractivity contribution in [2.75, 3.05) is 6.54 Å². The van der Waals surface area contributed by atoms with E-state index in [-0.39, 0.29) is 0 Å². The van der Waals surface area contributed by atoms with Crippen molar-refractivity contribution >= 4 is 0 Å². The van der Waals surface area contributed by atoms with Crippen LogP contribution in [0.2, 0.25) is 0 Å². The highest BCUT2D eigenvalue weighted by atomic mass is 15.1. The zero-order valence-electron chi connectivity index (χ0n) is 6.45. The number of rotatable bonds is 0. The lowest BCUT2D eigenvalue weighted by atomic mass is 10.00. The lowest BCUT2D eigenvalue weighted by molar-refractivity contribution is 0.352. The van der Waals surface area contributed by atoms with Gasteiger partial charge in [-0.3, -0.25) is 0 Å². The van der Waals surface area contributed by atoms with E-state index in [4.69, 9.17) is 0 Å². The highest BCUT2D eigenvalue weighted by Crippen LogP contribution is 2.74. The van der Waals surface area contributed by atoms with Crippen LogP contribution < -0.4 is 5.32 Å². The zero-order chi connectivity index (χ0) is 6.66. The second-order valence-corrected chi connectivity index (χ2v) is 4.42. The molecule has 3 rings (SSSR count). The SMILES string of the molecule is C1CCC2(CC23CC3)NC1. The lowest BCUT2D eigenvalue weighted by Crippen LogP contribution is -2.38. The number of piperidine rings is 1. The molecule has 1 saturated heterocycles. The zero-order valence-corrected chi connectivity index (χ0v) is 6.45. The molecule has 0 radical (unpaired) electrons. The van der Waals surface area contributed by atoms with Crippen LogP contribution in [0.3, 0.4) is 0 Å². The number of nitrogens with one attached hydrogen (secondary N) is 1. The van der Waals surface area contributed by atoms with E-state index in [1.165, 1.54) is 45.1 Å². The first-order valence-electron chi connectivity index (χ1n) is 4.62. The Balaban J connectivity index is 1.80. The Morgan fingerprint density at radius 2 is 1.90 bits per heavy atom. The van der Waals surface area contributed by atoms with Crippen molar-refractivity contribution in [2.45, 2.75) is 44.1 Å². The first-order valence-corrected chi connectivity index (χ1v) is 4.62. The van der Waals surface area contributed by atoms with Gasteiger partial charge >= 0.3 is 0 Å². The first kappa shape index (κ1) is 5.59. The highest BCUT2D eigenvalue weighted by Gasteiger charge is 2.73. The first-order chi connectivity index (χ1) is 4.87. The quantitative estimate of drug-likeness (QED) is 0.535. The minimum absolute atomic E-state index is 0.686. The molecular formula is C9H15N. The summed E-state index contributed by atoms with van der Waals surface area (Å²) in [6.07, 6.45) is 8.94. The highest BCUT2D eigenvalue weighted by molar-refractivity contribution is 5.28. The van der Waals surface area contributed by atoms with Gasteiger partial charge in [0.2, 0.25) is 0 Å². The molecule has 0 aromatic heterocycles. The molecule has 1 atom stereocenters. The summed E-state index contributed by atoms with van der Waals surface area (Å²) in [7, 11) is 0. The molecule has 2 aliphatic carbocycles. The summed E-state index contributed by atoms with van der Waals surface area (Å²) in [5.74, 6) is 0. The van der Waals surface area contributed by atoms with Gasteiger partial charge in [-0.2, -0.15) is 0 Å². The Kier molecular flexibility index (Phi) is 0.797. The van der Waals surface area contributed by atoms with E-state index in [1.54, 1.807) is 0 Å². The maximum absolute atomic E-state index is 3.72. The normalized spacial score (nSPS) is 48.0. The number of fused-ring (bicyclic) bond motifs is 1. The molecule has 1 heteroatoms. The van der Waals surface area contributed by atoms with E-state index >= 15 is 0 Å². The van der Waals surface area contributed by atoms with Gasteiger partial charge in [-0.1, -0.05) is 6.42 Å². The fraction of sp³-hybridized carbons (Fsp3) is 1.00. The van der Waals surface area contributed by atoms with Crippen LogP contribution in [0.15, 0.2) is 0 Å². The van der Waals surface area contributed by atoms with Gasteiger partial charge in [0.15, 0.2) is 0 Å². The van der Waals surface area contributed by atoms with Crippen molar-refractivity contribution in [3.63, 3.8) is 0 Å². The number of hydrogen-bond donors (Lipinski definition) is 1. The molecule has 56 valence electrons. The van der Waals surface area contributed by atoms with Gasteiger partial charge in [0.25, 0.3) is 0 Å². The van der Waals surface area contributed by atoms with E-state index in [1.807, 2.05) is 0 Å². The third kappa shape index (κ3) is 0.493. The van der Waals surface area contributed by atoms with Gasteiger partial charge in [0, 0.05) is 5.54 Å². The molecule has 0 aromatic carbocycles. The van der Waals surface area contributed by atoms with Crippen molar-refractivity contribution in [1.82, 2.24) is 5.32 Å². The molecule has 0 aromatic rings. The molecule has 2 spiro atoms. The summed E-state index contributed by atoms with van der Waals surface area (Å²) in [5.41, 5.74) is 1.54. The molecule has 0 bridgehead atoms. The van der Waals surface area contributed by atoms with Gasteiger partial charge in [-0.15, -0.1) is 0 Å². The van der Waals surface area contributed by atoms with Crippen LogP contribution in [0, 0.1) is 5.41 Å². The predicted molar refractivity (Wildman–Crippen MR) is 40.9 cm³/mol. The minimum Gasteiger partial charge on any atom is -0.311 e. The van der Waals surface area contributed by atoms with Crippen LogP contribution in [0.1, 0.15) is 38.5 Å². The summed E-state index contributed by atoms with van der Waals surface area (Å²) >= 11 is 0. The Morgan fingerprint density at radius 1 is 1.00 bits per heavy atom. The summed E-state index contributed by atoms with van der Waals surface area (Å²) in [6, 6.07) is 0. The second kappa shape index (κ2) is 1.42. The molecule has 3 fully saturated rings. The van der Waals surface area contributed by atoms with Crippen LogP contribution in [0.4, 0.5) is 0 Å². The summed E-state index contributed by atoms with van der Waals surface area (Å²) in [6.45, 7) is 1.29. The largest absolute Gasteiger partial charge is 0.311 e. The van der Waals surface area contributed by atoms with Crippen LogP contribution in [0.5, 0.6) is 0 Å². The summed E-state index contributed by atoms with van der Waals surface area (Å²) < 4.78 is 0. The Bertz CT molecular complexity index is 164. The fourth-order valence-corrected chi connectivity index (χ4v) is 2.91. The van der Waals surface area contributed by atoms with E-state index in [2.05, 4.69) is 5.32 Å². The van der Waals surface area contributed by atoms with E-state index in [9.17, 15) is 0 Å². The van der Waals surface area contributed by atoms with Crippen molar-refractivity contribution in [3.8, 4) is 0 Å². The molecular weight excluding hydrogens is 122 g/mol. The Hall–Kier alpha value is -0.0400. The molecule has 3 aliphatic rings. The third-order valence-corrected chi connectivity index (χ3v) is 3.88. The van der Waals surface area contributed by atoms with Gasteiger partial charge < -0.3 is 5.32 Å². The molecule has 10 heavy (non-hydrogen) atoms. The van der Waals surface area contributed by atoms with Crippen molar-refractivity contribution in [2.24, 2.45) is 5.41 Å². The van der Waals surface area contributed by atoms with Crippen LogP contribution in [-0.2, 0) is 0 Å². The maximum Gasteiger partial charge on any atom is 0.0244 e. The summed E-state index contributed by atoms with van der Waals surface area (Å²) in [4.78, 5) is 0. The van der Waals surface area contributed by atoms with E-state index < -0.39 is 0 Å². The topological polar surface area (TPSA) is 12.0 Å². The predicted octanol–water partition coefficient (Wildman–Crippen LogP) is 1.68. The van der Waals surface area contributed by atoms with Gasteiger partial charge in [-0.05, 0) is 44.1 Å². The Labute approximate surface area is 62.2 Å². The van der Waals surface area contributed by atoms with Gasteiger partial charge in [0.05, 0.1) is 0 Å². The van der Waals surface area contributed by atoms with Crippen LogP contribution in [-0.4, -0.2) is 12.1 Å². The summed E-state index contributed by atoms with van der Waals surface area (Å²) in [5, 5.41) is 3.72. The van der Waals surface area contributed by atoms with Crippen LogP contribution in [0.25, 0.3) is 0 Å². The second-order valence-electron chi connectivity index (χ2n) is 4.42. The molecule has 1 unspecified atom stereocenters. The standard InChI is InChI=1S/C9H15N/c1-2-6-10-9(3-1)7-8(9)4-5-8/h10H,1-7H2. The molecule has 0 amide bonds. The van der Waals surface area contributed by atoms with E-state index in [0.717, 1.165) is 5.41 Å². The average Bonchev–Trinajstić information content (AvgIpc) is 2.81. The number of hydrogen-bond acceptors (Lipinski definition) is 1.